The van der Waals surface area contributed by atoms with Gasteiger partial charge in [0.05, 0.1) is 10.5 Å². The van der Waals surface area contributed by atoms with E-state index < -0.39 is 26.7 Å². The van der Waals surface area contributed by atoms with Crippen LogP contribution in [0.15, 0.2) is 47.4 Å². The van der Waals surface area contributed by atoms with E-state index in [2.05, 4.69) is 41.4 Å². The molecule has 5 nitrogen and oxygen atoms in total. The number of sulfonamides is 1. The minimum absolute atomic E-state index is 0.233. The zero-order chi connectivity index (χ0) is 21.9. The number of nitrogens with zero attached hydrogens (tertiary/aromatic N) is 1. The molecule has 1 fully saturated rings. The Morgan fingerprint density at radius 2 is 1.73 bits per heavy atom. The zero-order valence-corrected chi connectivity index (χ0v) is 17.6. The van der Waals surface area contributed by atoms with Crippen LogP contribution >= 0.6 is 0 Å². The lowest BCUT2D eigenvalue weighted by Crippen LogP contribution is -2.35. The fourth-order valence-electron chi connectivity index (χ4n) is 3.67. The summed E-state index contributed by atoms with van der Waals surface area (Å²) >= 11 is 0. The number of halogens is 3. The molecule has 3 N–H and O–H groups in total. The SMILES string of the molecule is Cc1ccc(CN2CCC(CNc3ccc(S(N)(=O)=O)c(C(F)(F)F)c3)CC2)cc1. The summed E-state index contributed by atoms with van der Waals surface area (Å²) in [6.45, 7) is 5.34. The number of rotatable bonds is 6. The van der Waals surface area contributed by atoms with Gasteiger partial charge in [0.15, 0.2) is 0 Å². The lowest BCUT2D eigenvalue weighted by atomic mass is 9.96. The number of alkyl halides is 3. The molecule has 0 aliphatic carbocycles. The smallest absolute Gasteiger partial charge is 0.385 e. The third-order valence-electron chi connectivity index (χ3n) is 5.42. The van der Waals surface area contributed by atoms with Crippen LogP contribution in [0.3, 0.4) is 0 Å². The number of hydrogen-bond donors (Lipinski definition) is 2. The van der Waals surface area contributed by atoms with Crippen LogP contribution in [0.25, 0.3) is 0 Å². The summed E-state index contributed by atoms with van der Waals surface area (Å²) in [5.74, 6) is 0.339. The van der Waals surface area contributed by atoms with Gasteiger partial charge in [-0.3, -0.25) is 4.90 Å². The minimum atomic E-state index is -4.80. The molecule has 0 atom stereocenters. The van der Waals surface area contributed by atoms with Gasteiger partial charge in [-0.15, -0.1) is 0 Å². The molecule has 0 amide bonds. The average molecular weight is 442 g/mol. The second-order valence-electron chi connectivity index (χ2n) is 7.84. The number of likely N-dealkylation sites (tertiary alicyclic amines) is 1. The van der Waals surface area contributed by atoms with Crippen molar-refractivity contribution in [1.82, 2.24) is 4.90 Å². The molecule has 0 bridgehead atoms. The second-order valence-corrected chi connectivity index (χ2v) is 9.37. The van der Waals surface area contributed by atoms with E-state index in [4.69, 9.17) is 5.14 Å². The van der Waals surface area contributed by atoms with E-state index >= 15 is 0 Å². The summed E-state index contributed by atoms with van der Waals surface area (Å²) in [5, 5.41) is 7.94. The number of nitrogens with one attached hydrogen (secondary N) is 1. The Bertz CT molecular complexity index is 968. The van der Waals surface area contributed by atoms with Crippen molar-refractivity contribution < 1.29 is 21.6 Å². The van der Waals surface area contributed by atoms with Crippen molar-refractivity contribution in [2.24, 2.45) is 11.1 Å². The fourth-order valence-corrected chi connectivity index (χ4v) is 4.41. The first-order valence-corrected chi connectivity index (χ1v) is 11.3. The van der Waals surface area contributed by atoms with Gasteiger partial charge in [-0.2, -0.15) is 13.2 Å². The van der Waals surface area contributed by atoms with Crippen LogP contribution in [0.1, 0.15) is 29.5 Å². The third-order valence-corrected chi connectivity index (χ3v) is 6.39. The number of hydrogen-bond acceptors (Lipinski definition) is 4. The topological polar surface area (TPSA) is 75.4 Å². The Morgan fingerprint density at radius 1 is 1.10 bits per heavy atom. The van der Waals surface area contributed by atoms with Crippen LogP contribution in [0.4, 0.5) is 18.9 Å². The van der Waals surface area contributed by atoms with Gasteiger partial charge in [0.25, 0.3) is 0 Å². The van der Waals surface area contributed by atoms with Gasteiger partial charge in [-0.05, 0) is 62.5 Å². The number of benzene rings is 2. The molecule has 9 heteroatoms. The molecule has 0 aromatic heterocycles. The predicted octanol–water partition coefficient (Wildman–Crippen LogP) is 3.99. The lowest BCUT2D eigenvalue weighted by Gasteiger charge is -2.32. The van der Waals surface area contributed by atoms with Crippen molar-refractivity contribution in [3.05, 3.63) is 59.2 Å². The molecule has 1 saturated heterocycles. The van der Waals surface area contributed by atoms with Crippen molar-refractivity contribution in [1.29, 1.82) is 0 Å². The molecule has 0 unspecified atom stereocenters. The van der Waals surface area contributed by atoms with Crippen LogP contribution in [-0.4, -0.2) is 33.0 Å². The van der Waals surface area contributed by atoms with Crippen molar-refractivity contribution in [3.8, 4) is 0 Å². The number of primary sulfonamides is 1. The van der Waals surface area contributed by atoms with Gasteiger partial charge < -0.3 is 5.32 Å². The highest BCUT2D eigenvalue weighted by atomic mass is 32.2. The van der Waals surface area contributed by atoms with Crippen LogP contribution in [0.2, 0.25) is 0 Å². The summed E-state index contributed by atoms with van der Waals surface area (Å²) < 4.78 is 62.6. The molecule has 164 valence electrons. The summed E-state index contributed by atoms with van der Waals surface area (Å²) in [4.78, 5) is 1.47. The Balaban J connectivity index is 1.56. The number of anilines is 1. The van der Waals surface area contributed by atoms with Crippen molar-refractivity contribution in [2.75, 3.05) is 25.0 Å². The summed E-state index contributed by atoms with van der Waals surface area (Å²) in [5.41, 5.74) is 1.49. The van der Waals surface area contributed by atoms with Gasteiger partial charge in [0.2, 0.25) is 10.0 Å². The first kappa shape index (κ1) is 22.6. The quantitative estimate of drug-likeness (QED) is 0.711. The number of piperidine rings is 1. The van der Waals surface area contributed by atoms with Crippen LogP contribution < -0.4 is 10.5 Å². The summed E-state index contributed by atoms with van der Waals surface area (Å²) in [7, 11) is -4.46. The van der Waals surface area contributed by atoms with Crippen molar-refractivity contribution in [3.63, 3.8) is 0 Å². The molecular weight excluding hydrogens is 415 g/mol. The van der Waals surface area contributed by atoms with E-state index in [0.29, 0.717) is 12.5 Å². The molecule has 1 heterocycles. The molecule has 3 rings (SSSR count). The molecule has 0 spiro atoms. The van der Waals surface area contributed by atoms with E-state index in [1.54, 1.807) is 0 Å². The minimum Gasteiger partial charge on any atom is -0.385 e. The Labute approximate surface area is 175 Å². The molecule has 30 heavy (non-hydrogen) atoms. The summed E-state index contributed by atoms with van der Waals surface area (Å²) in [6.07, 6.45) is -2.92. The molecule has 1 aliphatic rings. The molecule has 2 aromatic carbocycles. The first-order chi connectivity index (χ1) is 14.0. The Hall–Kier alpha value is -2.10. The number of nitrogens with two attached hydrogens (primary N) is 1. The van der Waals surface area contributed by atoms with Crippen molar-refractivity contribution in [2.45, 2.75) is 37.4 Å². The highest BCUT2D eigenvalue weighted by Gasteiger charge is 2.36. The average Bonchev–Trinajstić information content (AvgIpc) is 2.67. The molecule has 0 radical (unpaired) electrons. The van der Waals surface area contributed by atoms with E-state index in [0.717, 1.165) is 44.6 Å². The van der Waals surface area contributed by atoms with E-state index in [-0.39, 0.29) is 5.69 Å². The zero-order valence-electron chi connectivity index (χ0n) is 16.7. The van der Waals surface area contributed by atoms with Crippen LogP contribution in [0, 0.1) is 12.8 Å². The standard InChI is InChI=1S/C21H26F3N3O2S/c1-15-2-4-17(5-3-15)14-27-10-8-16(9-11-27)13-26-18-6-7-20(30(25,28)29)19(12-18)21(22,23)24/h2-7,12,16,26H,8-11,13-14H2,1H3,(H2,25,28,29). The van der Waals surface area contributed by atoms with Crippen LogP contribution in [-0.2, 0) is 22.7 Å². The first-order valence-electron chi connectivity index (χ1n) is 9.78. The van der Waals surface area contributed by atoms with Gasteiger partial charge in [0, 0.05) is 18.8 Å². The van der Waals surface area contributed by atoms with Gasteiger partial charge >= 0.3 is 6.18 Å². The van der Waals surface area contributed by atoms with E-state index in [1.165, 1.54) is 17.2 Å². The molecule has 1 aliphatic heterocycles. The normalized spacial score (nSPS) is 16.6. The van der Waals surface area contributed by atoms with E-state index in [9.17, 15) is 21.6 Å². The second kappa shape index (κ2) is 8.95. The third kappa shape index (κ3) is 5.96. The predicted molar refractivity (Wildman–Crippen MR) is 110 cm³/mol. The van der Waals surface area contributed by atoms with Gasteiger partial charge in [0.1, 0.15) is 0 Å². The largest absolute Gasteiger partial charge is 0.417 e. The number of aryl methyl sites for hydroxylation is 1. The maximum absolute atomic E-state index is 13.2. The lowest BCUT2D eigenvalue weighted by molar-refractivity contribution is -0.139. The Kier molecular flexibility index (Phi) is 6.74. The molecular formula is C21H26F3N3O2S. The van der Waals surface area contributed by atoms with Crippen molar-refractivity contribution >= 4 is 15.7 Å². The summed E-state index contributed by atoms with van der Waals surface area (Å²) in [6, 6.07) is 11.5. The monoisotopic (exact) mass is 441 g/mol. The van der Waals surface area contributed by atoms with Gasteiger partial charge in [-0.25, -0.2) is 13.6 Å². The highest BCUT2D eigenvalue weighted by Crippen LogP contribution is 2.35. The van der Waals surface area contributed by atoms with E-state index in [1.807, 2.05) is 0 Å². The molecule has 2 aromatic rings. The maximum Gasteiger partial charge on any atom is 0.417 e. The maximum atomic E-state index is 13.2. The van der Waals surface area contributed by atoms with Crippen LogP contribution in [0.5, 0.6) is 0 Å². The Morgan fingerprint density at radius 3 is 2.30 bits per heavy atom. The fraction of sp³-hybridized carbons (Fsp3) is 0.429. The highest BCUT2D eigenvalue weighted by molar-refractivity contribution is 7.89. The van der Waals surface area contributed by atoms with Gasteiger partial charge in [-0.1, -0.05) is 29.8 Å². The molecule has 0 saturated carbocycles.